The molecule has 30 heavy (non-hydrogen) atoms. The van der Waals surface area contributed by atoms with Crippen LogP contribution in [0.4, 0.5) is 5.69 Å². The molecule has 4 rings (SSSR count). The molecule has 0 fully saturated rings. The number of phenols is 1. The molecule has 0 saturated carbocycles. The lowest BCUT2D eigenvalue weighted by atomic mass is 9.83. The maximum absolute atomic E-state index is 12.9. The van der Waals surface area contributed by atoms with Gasteiger partial charge in [-0.15, -0.1) is 0 Å². The number of esters is 1. The second kappa shape index (κ2) is 7.63. The molecular weight excluding hydrogens is 386 g/mol. The van der Waals surface area contributed by atoms with Gasteiger partial charge in [0.25, 0.3) is 5.91 Å². The highest BCUT2D eigenvalue weighted by Gasteiger charge is 2.31. The van der Waals surface area contributed by atoms with Crippen molar-refractivity contribution in [1.29, 1.82) is 0 Å². The number of ketones is 2. The standard InChI is InChI=1S/C23H15NO6/c25-14-10-8-13(9-11-14)23(29)30-12-19(26)24-18-7-3-6-17-20(18)22(28)16-5-2-1-4-15(16)21(17)27/h1-11,25H,12H2,(H,24,26). The Morgan fingerprint density at radius 2 is 1.43 bits per heavy atom. The first-order chi connectivity index (χ1) is 14.5. The van der Waals surface area contributed by atoms with Crippen molar-refractivity contribution in [2.24, 2.45) is 0 Å². The van der Waals surface area contributed by atoms with Crippen LogP contribution in [-0.2, 0) is 9.53 Å². The Morgan fingerprint density at radius 3 is 2.13 bits per heavy atom. The Morgan fingerprint density at radius 1 is 0.800 bits per heavy atom. The summed E-state index contributed by atoms with van der Waals surface area (Å²) in [5.74, 6) is -2.05. The number of phenolic OH excluding ortho intramolecular Hbond substituents is 1. The third-order valence-corrected chi connectivity index (χ3v) is 4.66. The van der Waals surface area contributed by atoms with E-state index in [0.717, 1.165) is 0 Å². The van der Waals surface area contributed by atoms with Crippen LogP contribution in [0.25, 0.3) is 0 Å². The number of benzene rings is 3. The van der Waals surface area contributed by atoms with Crippen LogP contribution in [0.5, 0.6) is 5.75 Å². The van der Waals surface area contributed by atoms with Gasteiger partial charge in [-0.1, -0.05) is 36.4 Å². The topological polar surface area (TPSA) is 110 Å². The SMILES string of the molecule is O=C(COC(=O)c1ccc(O)cc1)Nc1cccc2c1C(=O)c1ccccc1C2=O. The molecule has 3 aromatic carbocycles. The molecule has 1 amide bonds. The zero-order valence-electron chi connectivity index (χ0n) is 15.5. The van der Waals surface area contributed by atoms with Gasteiger partial charge in [-0.25, -0.2) is 4.79 Å². The Labute approximate surface area is 170 Å². The highest BCUT2D eigenvalue weighted by molar-refractivity contribution is 6.30. The van der Waals surface area contributed by atoms with Gasteiger partial charge in [0.15, 0.2) is 18.2 Å². The summed E-state index contributed by atoms with van der Waals surface area (Å²) in [5.41, 5.74) is 1.26. The quantitative estimate of drug-likeness (QED) is 0.509. The van der Waals surface area contributed by atoms with Crippen LogP contribution in [0.3, 0.4) is 0 Å². The molecule has 0 atom stereocenters. The molecule has 3 aromatic rings. The fraction of sp³-hybridized carbons (Fsp3) is 0.0435. The predicted molar refractivity (Wildman–Crippen MR) is 107 cm³/mol. The molecule has 2 N–H and O–H groups in total. The fourth-order valence-electron chi connectivity index (χ4n) is 3.25. The molecule has 0 bridgehead atoms. The van der Waals surface area contributed by atoms with E-state index in [2.05, 4.69) is 5.32 Å². The van der Waals surface area contributed by atoms with Crippen LogP contribution >= 0.6 is 0 Å². The van der Waals surface area contributed by atoms with Crippen LogP contribution in [0.15, 0.2) is 66.7 Å². The smallest absolute Gasteiger partial charge is 0.338 e. The van der Waals surface area contributed by atoms with Crippen molar-refractivity contribution in [2.45, 2.75) is 0 Å². The zero-order valence-corrected chi connectivity index (χ0v) is 15.5. The second-order valence-corrected chi connectivity index (χ2v) is 6.60. The van der Waals surface area contributed by atoms with Crippen molar-refractivity contribution in [3.05, 3.63) is 94.5 Å². The van der Waals surface area contributed by atoms with Crippen LogP contribution in [-0.4, -0.2) is 35.2 Å². The number of carbonyl (C=O) groups is 4. The lowest BCUT2D eigenvalue weighted by molar-refractivity contribution is -0.119. The molecule has 7 nitrogen and oxygen atoms in total. The normalized spacial score (nSPS) is 12.0. The number of hydrogen-bond donors (Lipinski definition) is 2. The van der Waals surface area contributed by atoms with E-state index >= 15 is 0 Å². The van der Waals surface area contributed by atoms with Crippen LogP contribution in [0.1, 0.15) is 42.2 Å². The Balaban J connectivity index is 1.51. The largest absolute Gasteiger partial charge is 0.508 e. The Kier molecular flexibility index (Phi) is 4.85. The molecular formula is C23H15NO6. The summed E-state index contributed by atoms with van der Waals surface area (Å²) in [6, 6.07) is 16.5. The summed E-state index contributed by atoms with van der Waals surface area (Å²) in [6.07, 6.45) is 0. The highest BCUT2D eigenvalue weighted by atomic mass is 16.5. The number of aromatic hydroxyl groups is 1. The summed E-state index contributed by atoms with van der Waals surface area (Å²) < 4.78 is 4.97. The van der Waals surface area contributed by atoms with E-state index in [1.807, 2.05) is 0 Å². The number of carbonyl (C=O) groups excluding carboxylic acids is 4. The predicted octanol–water partition coefficient (Wildman–Crippen LogP) is 2.96. The van der Waals surface area contributed by atoms with E-state index in [0.29, 0.717) is 5.56 Å². The minimum atomic E-state index is -0.736. The number of fused-ring (bicyclic) bond motifs is 2. The van der Waals surface area contributed by atoms with Gasteiger partial charge in [-0.3, -0.25) is 14.4 Å². The average molecular weight is 401 g/mol. The molecule has 1 aliphatic rings. The van der Waals surface area contributed by atoms with E-state index in [-0.39, 0.29) is 45.3 Å². The van der Waals surface area contributed by atoms with Crippen molar-refractivity contribution in [1.82, 2.24) is 0 Å². The van der Waals surface area contributed by atoms with Gasteiger partial charge in [0, 0.05) is 16.7 Å². The number of hydrogen-bond acceptors (Lipinski definition) is 6. The number of amides is 1. The summed E-state index contributed by atoms with van der Waals surface area (Å²) in [6.45, 7) is -0.581. The van der Waals surface area contributed by atoms with E-state index < -0.39 is 18.5 Å². The van der Waals surface area contributed by atoms with E-state index in [1.54, 1.807) is 30.3 Å². The van der Waals surface area contributed by atoms with Crippen LogP contribution in [0, 0.1) is 0 Å². The highest BCUT2D eigenvalue weighted by Crippen LogP contribution is 2.31. The molecule has 0 saturated heterocycles. The minimum absolute atomic E-state index is 0.000989. The maximum Gasteiger partial charge on any atom is 0.338 e. The molecule has 7 heteroatoms. The number of anilines is 1. The Bertz CT molecular complexity index is 1200. The van der Waals surface area contributed by atoms with E-state index in [9.17, 15) is 24.3 Å². The maximum atomic E-state index is 12.9. The molecule has 0 aliphatic heterocycles. The van der Waals surface area contributed by atoms with Crippen molar-refractivity contribution in [3.63, 3.8) is 0 Å². The van der Waals surface area contributed by atoms with Gasteiger partial charge >= 0.3 is 5.97 Å². The number of ether oxygens (including phenoxy) is 1. The van der Waals surface area contributed by atoms with Crippen molar-refractivity contribution in [2.75, 3.05) is 11.9 Å². The summed E-state index contributed by atoms with van der Waals surface area (Å²) in [4.78, 5) is 50.0. The summed E-state index contributed by atoms with van der Waals surface area (Å²) in [5, 5.41) is 11.8. The zero-order chi connectivity index (χ0) is 21.3. The van der Waals surface area contributed by atoms with Crippen molar-refractivity contribution in [3.8, 4) is 5.75 Å². The number of nitrogens with one attached hydrogen (secondary N) is 1. The molecule has 148 valence electrons. The second-order valence-electron chi connectivity index (χ2n) is 6.60. The summed E-state index contributed by atoms with van der Waals surface area (Å²) >= 11 is 0. The third-order valence-electron chi connectivity index (χ3n) is 4.66. The monoisotopic (exact) mass is 401 g/mol. The van der Waals surface area contributed by atoms with Crippen molar-refractivity contribution < 1.29 is 29.0 Å². The van der Waals surface area contributed by atoms with Gasteiger partial charge in [0.05, 0.1) is 16.8 Å². The Hall–Kier alpha value is -4.26. The number of rotatable bonds is 4. The fourth-order valence-corrected chi connectivity index (χ4v) is 3.25. The van der Waals surface area contributed by atoms with E-state index in [1.165, 1.54) is 36.4 Å². The van der Waals surface area contributed by atoms with Crippen LogP contribution < -0.4 is 5.32 Å². The third kappa shape index (κ3) is 3.44. The molecule has 0 aromatic heterocycles. The first-order valence-corrected chi connectivity index (χ1v) is 9.03. The van der Waals surface area contributed by atoms with E-state index in [4.69, 9.17) is 4.74 Å². The first kappa shape index (κ1) is 19.1. The minimum Gasteiger partial charge on any atom is -0.508 e. The van der Waals surface area contributed by atoms with Gasteiger partial charge in [-0.05, 0) is 30.3 Å². The van der Waals surface area contributed by atoms with Gasteiger partial charge in [-0.2, -0.15) is 0 Å². The lowest BCUT2D eigenvalue weighted by Crippen LogP contribution is -2.26. The van der Waals surface area contributed by atoms with Crippen LogP contribution in [0.2, 0.25) is 0 Å². The molecule has 0 radical (unpaired) electrons. The van der Waals surface area contributed by atoms with Gasteiger partial charge in [0.2, 0.25) is 0 Å². The molecule has 0 spiro atoms. The average Bonchev–Trinajstić information content (AvgIpc) is 2.76. The summed E-state index contributed by atoms with van der Waals surface area (Å²) in [7, 11) is 0. The van der Waals surface area contributed by atoms with Crippen molar-refractivity contribution >= 4 is 29.1 Å². The molecule has 0 unspecified atom stereocenters. The molecule has 1 aliphatic carbocycles. The lowest BCUT2D eigenvalue weighted by Gasteiger charge is -2.20. The molecule has 0 heterocycles. The van der Waals surface area contributed by atoms with Gasteiger partial charge in [0.1, 0.15) is 5.75 Å². The first-order valence-electron chi connectivity index (χ1n) is 9.03. The van der Waals surface area contributed by atoms with Gasteiger partial charge < -0.3 is 15.2 Å².